The first-order valence-corrected chi connectivity index (χ1v) is 27.4. The Morgan fingerprint density at radius 1 is 0.500 bits per heavy atom. The third-order valence-corrected chi connectivity index (χ3v) is 12.4. The Hall–Kier alpha value is -3.87. The van der Waals surface area contributed by atoms with Gasteiger partial charge in [-0.3, -0.25) is 4.79 Å². The van der Waals surface area contributed by atoms with Gasteiger partial charge in [-0.15, -0.1) is 0 Å². The van der Waals surface area contributed by atoms with E-state index < -0.39 is 86.8 Å². The number of carbonyl (C=O) groups excluding carboxylic acids is 1. The second-order valence-corrected chi connectivity index (χ2v) is 18.6. The van der Waals surface area contributed by atoms with Crippen LogP contribution in [-0.4, -0.2) is 140 Å². The molecule has 2 rings (SSSR count). The van der Waals surface area contributed by atoms with Crippen molar-refractivity contribution >= 4 is 5.91 Å². The molecule has 0 aliphatic carbocycles. The first-order valence-electron chi connectivity index (χ1n) is 27.4. The number of aliphatic hydroxyl groups is 8. The maximum absolute atomic E-state index is 13.0. The van der Waals surface area contributed by atoms with Gasteiger partial charge in [-0.1, -0.05) is 173 Å². The number of aliphatic hydroxyl groups excluding tert-OH is 8. The molecule has 9 N–H and O–H groups in total. The van der Waals surface area contributed by atoms with Gasteiger partial charge in [0.25, 0.3) is 0 Å². The molecule has 2 fully saturated rings. The number of unbranched alkanes of at least 4 members (excludes halogenated alkanes) is 5. The highest BCUT2D eigenvalue weighted by Crippen LogP contribution is 2.30. The van der Waals surface area contributed by atoms with Crippen LogP contribution in [0, 0.1) is 0 Å². The molecule has 0 radical (unpaired) electrons. The Kier molecular flexibility index (Phi) is 39.6. The first kappa shape index (κ1) is 66.2. The van der Waals surface area contributed by atoms with Crippen molar-refractivity contribution in [3.8, 4) is 0 Å². The maximum Gasteiger partial charge on any atom is 0.220 e. The average Bonchev–Trinajstić information content (AvgIpc) is 3.40. The van der Waals surface area contributed by atoms with Crippen molar-refractivity contribution in [3.63, 3.8) is 0 Å². The first-order chi connectivity index (χ1) is 36.1. The molecule has 14 heteroatoms. The fourth-order valence-electron chi connectivity index (χ4n) is 7.94. The lowest BCUT2D eigenvalue weighted by molar-refractivity contribution is -0.359. The number of carbonyl (C=O) groups is 1. The smallest absolute Gasteiger partial charge is 0.220 e. The van der Waals surface area contributed by atoms with Gasteiger partial charge in [0.05, 0.1) is 32.0 Å². The lowest BCUT2D eigenvalue weighted by atomic mass is 9.97. The third-order valence-electron chi connectivity index (χ3n) is 12.4. The highest BCUT2D eigenvalue weighted by Gasteiger charge is 2.51. The molecule has 0 aromatic heterocycles. The minimum Gasteiger partial charge on any atom is -0.394 e. The number of hydrogen-bond acceptors (Lipinski definition) is 13. The summed E-state index contributed by atoms with van der Waals surface area (Å²) in [5.41, 5.74) is 0. The van der Waals surface area contributed by atoms with E-state index >= 15 is 0 Å². The van der Waals surface area contributed by atoms with E-state index in [0.29, 0.717) is 12.8 Å². The summed E-state index contributed by atoms with van der Waals surface area (Å²) in [6.07, 6.45) is 48.7. The standard InChI is InChI=1S/C60H95NO13/c1-3-5-7-8-9-10-11-12-13-14-15-16-17-18-19-20-21-22-23-24-25-26-27-28-29-30-31-32-33-34-35-36-37-38-39-40-42-44-52(65)61-48(49(64)43-41-6-4-2)47-71-59-57(70)55(68)58(51(46-63)73-59)74-60-56(69)54(67)53(66)50(45-62)72-60/h5,7,9-10,12-13,15-16,18-19,21-22,24-25,27-28,30-31,33-34,36-37,48-51,53-60,62-64,66-70H,3-4,6,8,11,14,17,20,23,26,29,32,35,38-47H2,1-2H3,(H,61,65)/b7-5-,10-9-,13-12-,16-15-,19-18-,22-21-,25-24-,28-27-,31-30-,34-33-,37-36-. The lowest BCUT2D eigenvalue weighted by Crippen LogP contribution is -2.65. The predicted molar refractivity (Wildman–Crippen MR) is 295 cm³/mol. The maximum atomic E-state index is 13.0. The number of rotatable bonds is 40. The summed E-state index contributed by atoms with van der Waals surface area (Å²) in [4.78, 5) is 13.0. The Balaban J connectivity index is 1.58. The molecule has 2 aliphatic rings. The number of nitrogens with one attached hydrogen (secondary N) is 1. The Morgan fingerprint density at radius 3 is 1.38 bits per heavy atom. The molecule has 14 nitrogen and oxygen atoms in total. The van der Waals surface area contributed by atoms with E-state index in [9.17, 15) is 45.6 Å². The molecular formula is C60H95NO13. The van der Waals surface area contributed by atoms with Gasteiger partial charge in [0.15, 0.2) is 12.6 Å². The van der Waals surface area contributed by atoms with Gasteiger partial charge in [-0.25, -0.2) is 0 Å². The molecule has 418 valence electrons. The predicted octanol–water partition coefficient (Wildman–Crippen LogP) is 8.43. The van der Waals surface area contributed by atoms with E-state index in [1.54, 1.807) is 0 Å². The number of amides is 1. The Bertz CT molecular complexity index is 1750. The molecule has 12 atom stereocenters. The van der Waals surface area contributed by atoms with Crippen molar-refractivity contribution < 1.29 is 64.6 Å². The van der Waals surface area contributed by atoms with Crippen molar-refractivity contribution in [2.75, 3.05) is 19.8 Å². The molecule has 0 saturated carbocycles. The Morgan fingerprint density at radius 2 is 0.932 bits per heavy atom. The van der Waals surface area contributed by atoms with E-state index in [4.69, 9.17) is 18.9 Å². The van der Waals surface area contributed by atoms with Crippen LogP contribution in [0.5, 0.6) is 0 Å². The van der Waals surface area contributed by atoms with Crippen molar-refractivity contribution in [2.45, 2.75) is 216 Å². The number of allylic oxidation sites excluding steroid dienone is 22. The average molecular weight is 1040 g/mol. The van der Waals surface area contributed by atoms with E-state index in [0.717, 1.165) is 109 Å². The Labute approximate surface area is 443 Å². The van der Waals surface area contributed by atoms with Crippen LogP contribution in [-0.2, 0) is 23.7 Å². The van der Waals surface area contributed by atoms with E-state index in [2.05, 4.69) is 146 Å². The van der Waals surface area contributed by atoms with Crippen molar-refractivity contribution in [1.82, 2.24) is 5.32 Å². The zero-order valence-corrected chi connectivity index (χ0v) is 44.5. The minimum absolute atomic E-state index is 0.252. The van der Waals surface area contributed by atoms with Crippen molar-refractivity contribution in [1.29, 1.82) is 0 Å². The fraction of sp³-hybridized carbons (Fsp3) is 0.617. The van der Waals surface area contributed by atoms with Crippen LogP contribution in [0.3, 0.4) is 0 Å². The molecule has 2 saturated heterocycles. The lowest BCUT2D eigenvalue weighted by Gasteiger charge is -2.46. The topological polar surface area (TPSA) is 228 Å². The second kappa shape index (κ2) is 44.3. The zero-order chi connectivity index (χ0) is 53.9. The summed E-state index contributed by atoms with van der Waals surface area (Å²) in [6.45, 7) is 2.49. The third kappa shape index (κ3) is 30.0. The van der Waals surface area contributed by atoms with Gasteiger partial charge in [0, 0.05) is 6.42 Å². The van der Waals surface area contributed by atoms with Crippen molar-refractivity contribution in [3.05, 3.63) is 134 Å². The molecular weight excluding hydrogens is 943 g/mol. The summed E-state index contributed by atoms with van der Waals surface area (Å²) in [6, 6.07) is -0.852. The van der Waals surface area contributed by atoms with Gasteiger partial charge in [-0.2, -0.15) is 0 Å². The van der Waals surface area contributed by atoms with Crippen LogP contribution in [0.2, 0.25) is 0 Å². The summed E-state index contributed by atoms with van der Waals surface area (Å²) >= 11 is 0. The number of hydrogen-bond donors (Lipinski definition) is 9. The van der Waals surface area contributed by atoms with Crippen molar-refractivity contribution in [2.24, 2.45) is 0 Å². The highest BCUT2D eigenvalue weighted by molar-refractivity contribution is 5.76. The summed E-state index contributed by atoms with van der Waals surface area (Å²) in [5, 5.41) is 86.0. The van der Waals surface area contributed by atoms with Crippen LogP contribution in [0.15, 0.2) is 134 Å². The zero-order valence-electron chi connectivity index (χ0n) is 44.5. The van der Waals surface area contributed by atoms with Crippen LogP contribution >= 0.6 is 0 Å². The van der Waals surface area contributed by atoms with Gasteiger partial charge in [0.1, 0.15) is 48.8 Å². The molecule has 2 aliphatic heterocycles. The fourth-order valence-corrected chi connectivity index (χ4v) is 7.94. The highest BCUT2D eigenvalue weighted by atomic mass is 16.7. The van der Waals surface area contributed by atoms with Gasteiger partial charge in [0.2, 0.25) is 5.91 Å². The monoisotopic (exact) mass is 1040 g/mol. The second-order valence-electron chi connectivity index (χ2n) is 18.6. The quantitative estimate of drug-likeness (QED) is 0.0208. The van der Waals surface area contributed by atoms with E-state index in [-0.39, 0.29) is 18.9 Å². The van der Waals surface area contributed by atoms with Crippen LogP contribution < -0.4 is 5.32 Å². The largest absolute Gasteiger partial charge is 0.394 e. The van der Waals surface area contributed by atoms with Crippen LogP contribution in [0.4, 0.5) is 0 Å². The van der Waals surface area contributed by atoms with Crippen LogP contribution in [0.25, 0.3) is 0 Å². The van der Waals surface area contributed by atoms with E-state index in [1.807, 2.05) is 6.92 Å². The molecule has 0 spiro atoms. The number of ether oxygens (including phenoxy) is 4. The molecule has 12 unspecified atom stereocenters. The normalized spacial score (nSPS) is 26.3. The minimum atomic E-state index is -1.79. The summed E-state index contributed by atoms with van der Waals surface area (Å²) in [5.74, 6) is -0.258. The molecule has 0 aromatic carbocycles. The molecule has 1 amide bonds. The van der Waals surface area contributed by atoms with Gasteiger partial charge < -0.3 is 65.1 Å². The van der Waals surface area contributed by atoms with Crippen LogP contribution in [0.1, 0.15) is 142 Å². The molecule has 2 heterocycles. The van der Waals surface area contributed by atoms with Gasteiger partial charge in [-0.05, 0) is 96.3 Å². The molecule has 0 bridgehead atoms. The summed E-state index contributed by atoms with van der Waals surface area (Å²) < 4.78 is 22.5. The summed E-state index contributed by atoms with van der Waals surface area (Å²) in [7, 11) is 0. The van der Waals surface area contributed by atoms with E-state index in [1.165, 1.54) is 0 Å². The van der Waals surface area contributed by atoms with Gasteiger partial charge >= 0.3 is 0 Å². The SMILES string of the molecule is CC/C=C\C/C=C\C/C=C\C/C=C\C/C=C\C/C=C\C/C=C\C/C=C\C/C=C\C/C=C\C/C=C\CCCCCC(=O)NC(COC1OC(CO)C(OC2OC(CO)C(O)C(O)C2O)C(O)C1O)C(O)CCCCC. The molecule has 74 heavy (non-hydrogen) atoms. The molecule has 0 aromatic rings.